The van der Waals surface area contributed by atoms with Crippen LogP contribution in [0.4, 0.5) is 17.2 Å². The van der Waals surface area contributed by atoms with E-state index in [0.717, 1.165) is 0 Å². The van der Waals surface area contributed by atoms with Crippen molar-refractivity contribution >= 4 is 17.2 Å². The van der Waals surface area contributed by atoms with Gasteiger partial charge >= 0.3 is 5.69 Å². The first-order chi connectivity index (χ1) is 10.1. The number of nitro benzene ring substituents is 1. The summed E-state index contributed by atoms with van der Waals surface area (Å²) in [5, 5.41) is 14.0. The van der Waals surface area contributed by atoms with Gasteiger partial charge in [0.2, 0.25) is 0 Å². The van der Waals surface area contributed by atoms with Gasteiger partial charge in [-0.2, -0.15) is 0 Å². The maximum Gasteiger partial charge on any atom is 0.311 e. The first-order valence-corrected chi connectivity index (χ1v) is 6.32. The molecule has 21 heavy (non-hydrogen) atoms. The molecular weight excluding hydrogens is 274 g/mol. The fraction of sp³-hybridized carbons (Fsp3) is 0.231. The molecule has 8 heteroatoms. The number of ether oxygens (including phenoxy) is 1. The van der Waals surface area contributed by atoms with E-state index in [4.69, 9.17) is 10.5 Å². The Morgan fingerprint density at radius 1 is 1.43 bits per heavy atom. The molecule has 0 saturated heterocycles. The number of nitro groups is 1. The molecule has 8 nitrogen and oxygen atoms in total. The van der Waals surface area contributed by atoms with E-state index in [9.17, 15) is 10.1 Å². The Balaban J connectivity index is 2.13. The number of nitrogens with two attached hydrogens (primary N) is 1. The summed E-state index contributed by atoms with van der Waals surface area (Å²) in [6, 6.07) is 6.18. The number of hydrogen-bond acceptors (Lipinski definition) is 7. The van der Waals surface area contributed by atoms with E-state index in [1.165, 1.54) is 6.07 Å². The lowest BCUT2D eigenvalue weighted by Crippen LogP contribution is -2.06. The summed E-state index contributed by atoms with van der Waals surface area (Å²) in [5.41, 5.74) is 6.18. The summed E-state index contributed by atoms with van der Waals surface area (Å²) in [6.45, 7) is 2.47. The molecule has 0 atom stereocenters. The molecule has 0 aliphatic heterocycles. The van der Waals surface area contributed by atoms with Gasteiger partial charge in [-0.1, -0.05) is 0 Å². The highest BCUT2D eigenvalue weighted by Crippen LogP contribution is 2.30. The van der Waals surface area contributed by atoms with Crippen molar-refractivity contribution in [3.8, 4) is 5.75 Å². The Hall–Kier alpha value is -2.90. The number of hydrogen-bond donors (Lipinski definition) is 2. The molecule has 0 aliphatic rings. The van der Waals surface area contributed by atoms with Crippen LogP contribution in [0.5, 0.6) is 5.75 Å². The maximum atomic E-state index is 10.9. The summed E-state index contributed by atoms with van der Waals surface area (Å²) in [7, 11) is 0. The van der Waals surface area contributed by atoms with Crippen molar-refractivity contribution in [3.63, 3.8) is 0 Å². The molecule has 0 aliphatic carbocycles. The van der Waals surface area contributed by atoms with Crippen LogP contribution in [0.1, 0.15) is 12.7 Å². The monoisotopic (exact) mass is 289 g/mol. The average molecular weight is 289 g/mol. The molecule has 1 aromatic heterocycles. The van der Waals surface area contributed by atoms with Crippen molar-refractivity contribution in [2.75, 3.05) is 17.7 Å². The first-order valence-electron chi connectivity index (χ1n) is 6.32. The van der Waals surface area contributed by atoms with Crippen LogP contribution in [-0.2, 0) is 6.54 Å². The van der Waals surface area contributed by atoms with Gasteiger partial charge in [0.1, 0.15) is 11.6 Å². The first kappa shape index (κ1) is 14.5. The number of nitrogens with zero attached hydrogens (tertiary/aromatic N) is 3. The van der Waals surface area contributed by atoms with Gasteiger partial charge in [0.15, 0.2) is 5.75 Å². The molecule has 1 aromatic carbocycles. The van der Waals surface area contributed by atoms with E-state index < -0.39 is 4.92 Å². The second-order valence-electron chi connectivity index (χ2n) is 4.12. The van der Waals surface area contributed by atoms with Crippen LogP contribution in [0.2, 0.25) is 0 Å². The Bertz CT molecular complexity index is 647. The van der Waals surface area contributed by atoms with Crippen LogP contribution in [0, 0.1) is 10.1 Å². The minimum atomic E-state index is -0.476. The predicted molar refractivity (Wildman–Crippen MR) is 78.0 cm³/mol. The SMILES string of the molecule is CCOc1cc(NCc2nccc(N)n2)ccc1[N+](=O)[O-]. The number of benzene rings is 1. The van der Waals surface area contributed by atoms with Gasteiger partial charge in [0, 0.05) is 24.0 Å². The number of nitrogens with one attached hydrogen (secondary N) is 1. The van der Waals surface area contributed by atoms with E-state index in [-0.39, 0.29) is 11.4 Å². The number of aromatic nitrogens is 2. The third kappa shape index (κ3) is 3.78. The summed E-state index contributed by atoms with van der Waals surface area (Å²) in [6.07, 6.45) is 1.57. The van der Waals surface area contributed by atoms with Gasteiger partial charge in [-0.25, -0.2) is 9.97 Å². The summed E-state index contributed by atoms with van der Waals surface area (Å²) >= 11 is 0. The maximum absolute atomic E-state index is 10.9. The second-order valence-corrected chi connectivity index (χ2v) is 4.12. The van der Waals surface area contributed by atoms with Crippen LogP contribution in [0.15, 0.2) is 30.5 Å². The van der Waals surface area contributed by atoms with E-state index in [0.29, 0.717) is 30.5 Å². The van der Waals surface area contributed by atoms with Crippen LogP contribution in [0.25, 0.3) is 0 Å². The van der Waals surface area contributed by atoms with Gasteiger partial charge in [0.05, 0.1) is 18.1 Å². The van der Waals surface area contributed by atoms with Crippen LogP contribution in [0.3, 0.4) is 0 Å². The van der Waals surface area contributed by atoms with E-state index >= 15 is 0 Å². The molecule has 2 rings (SSSR count). The summed E-state index contributed by atoms with van der Waals surface area (Å²) < 4.78 is 5.28. The van der Waals surface area contributed by atoms with Crippen molar-refractivity contribution in [1.29, 1.82) is 0 Å². The Morgan fingerprint density at radius 3 is 2.90 bits per heavy atom. The molecule has 0 radical (unpaired) electrons. The molecule has 1 heterocycles. The van der Waals surface area contributed by atoms with Crippen molar-refractivity contribution in [2.45, 2.75) is 13.5 Å². The zero-order valence-corrected chi connectivity index (χ0v) is 11.4. The smallest absolute Gasteiger partial charge is 0.311 e. The largest absolute Gasteiger partial charge is 0.487 e. The fourth-order valence-corrected chi connectivity index (χ4v) is 1.73. The Labute approximate surface area is 121 Å². The number of nitrogen functional groups attached to an aromatic ring is 1. The van der Waals surface area contributed by atoms with Crippen molar-refractivity contribution < 1.29 is 9.66 Å². The van der Waals surface area contributed by atoms with Gasteiger partial charge in [-0.3, -0.25) is 10.1 Å². The number of rotatable bonds is 6. The zero-order valence-electron chi connectivity index (χ0n) is 11.4. The Morgan fingerprint density at radius 2 is 2.24 bits per heavy atom. The van der Waals surface area contributed by atoms with Crippen molar-refractivity contribution in [1.82, 2.24) is 9.97 Å². The lowest BCUT2D eigenvalue weighted by atomic mass is 10.2. The highest BCUT2D eigenvalue weighted by Gasteiger charge is 2.15. The van der Waals surface area contributed by atoms with Gasteiger partial charge in [-0.05, 0) is 19.1 Å². The minimum Gasteiger partial charge on any atom is -0.487 e. The van der Waals surface area contributed by atoms with Crippen LogP contribution < -0.4 is 15.8 Å². The van der Waals surface area contributed by atoms with Crippen molar-refractivity contribution in [2.24, 2.45) is 0 Å². The molecule has 0 unspecified atom stereocenters. The molecule has 0 fully saturated rings. The normalized spacial score (nSPS) is 10.1. The average Bonchev–Trinajstić information content (AvgIpc) is 2.45. The van der Waals surface area contributed by atoms with Gasteiger partial charge in [0.25, 0.3) is 0 Å². The van der Waals surface area contributed by atoms with Gasteiger partial charge < -0.3 is 15.8 Å². The fourth-order valence-electron chi connectivity index (χ4n) is 1.73. The topological polar surface area (TPSA) is 116 Å². The molecule has 0 amide bonds. The Kier molecular flexibility index (Phi) is 4.50. The molecule has 110 valence electrons. The molecule has 0 bridgehead atoms. The molecule has 3 N–H and O–H groups in total. The highest BCUT2D eigenvalue weighted by molar-refractivity contribution is 5.58. The number of anilines is 2. The van der Waals surface area contributed by atoms with E-state index in [2.05, 4.69) is 15.3 Å². The third-order valence-corrected chi connectivity index (χ3v) is 2.63. The molecule has 0 saturated carbocycles. The molecular formula is C13H15N5O3. The third-order valence-electron chi connectivity index (χ3n) is 2.63. The van der Waals surface area contributed by atoms with Crippen molar-refractivity contribution in [3.05, 3.63) is 46.4 Å². The van der Waals surface area contributed by atoms with Crippen LogP contribution >= 0.6 is 0 Å². The molecule has 0 spiro atoms. The minimum absolute atomic E-state index is 0.0670. The summed E-state index contributed by atoms with van der Waals surface area (Å²) in [4.78, 5) is 18.5. The predicted octanol–water partition coefficient (Wildman–Crippen LogP) is 1.98. The quantitative estimate of drug-likeness (QED) is 0.616. The molecule has 2 aromatic rings. The highest BCUT2D eigenvalue weighted by atomic mass is 16.6. The standard InChI is InChI=1S/C13H15N5O3/c1-2-21-11-7-9(3-4-10(11)18(19)20)16-8-13-15-6-5-12(14)17-13/h3-7,16H,2,8H2,1H3,(H2,14,15,17). The lowest BCUT2D eigenvalue weighted by Gasteiger charge is -2.09. The zero-order chi connectivity index (χ0) is 15.2. The van der Waals surface area contributed by atoms with E-state index in [1.807, 2.05) is 0 Å². The lowest BCUT2D eigenvalue weighted by molar-refractivity contribution is -0.385. The van der Waals surface area contributed by atoms with E-state index in [1.54, 1.807) is 31.3 Å². The summed E-state index contributed by atoms with van der Waals surface area (Å²) in [5.74, 6) is 1.15. The van der Waals surface area contributed by atoms with Crippen LogP contribution in [-0.4, -0.2) is 21.5 Å². The van der Waals surface area contributed by atoms with Gasteiger partial charge in [-0.15, -0.1) is 0 Å². The second kappa shape index (κ2) is 6.51.